The van der Waals surface area contributed by atoms with Gasteiger partial charge in [0.1, 0.15) is 0 Å². The van der Waals surface area contributed by atoms with E-state index in [0.717, 1.165) is 23.1 Å². The van der Waals surface area contributed by atoms with Crippen LogP contribution >= 0.6 is 15.9 Å². The number of rotatable bonds is 6. The quantitative estimate of drug-likeness (QED) is 0.628. The lowest BCUT2D eigenvalue weighted by molar-refractivity contribution is -0.385. The molecule has 0 unspecified atom stereocenters. The highest BCUT2D eigenvalue weighted by molar-refractivity contribution is 9.10. The largest absolute Gasteiger partial charge is 0.312 e. The normalized spacial score (nSPS) is 17.0. The minimum absolute atomic E-state index is 0.187. The van der Waals surface area contributed by atoms with Crippen LogP contribution in [0.3, 0.4) is 0 Å². The highest BCUT2D eigenvalue weighted by Gasteiger charge is 2.18. The average Bonchev–Trinajstić information content (AvgIpc) is 2.48. The predicted molar refractivity (Wildman–Crippen MR) is 87.3 cm³/mol. The fourth-order valence-corrected chi connectivity index (χ4v) is 3.20. The molecule has 1 fully saturated rings. The Hall–Kier alpha value is -0.980. The molecule has 1 aromatic rings. The number of likely N-dealkylation sites (tertiary alicyclic amines) is 1. The summed E-state index contributed by atoms with van der Waals surface area (Å²) in [6.07, 6.45) is 2.42. The molecular weight excluding hydrogens is 334 g/mol. The summed E-state index contributed by atoms with van der Waals surface area (Å²) in [6.45, 7) is 7.14. The highest BCUT2D eigenvalue weighted by atomic mass is 79.9. The maximum absolute atomic E-state index is 11.0. The lowest BCUT2D eigenvalue weighted by Gasteiger charge is -2.31. The van der Waals surface area contributed by atoms with Crippen molar-refractivity contribution in [2.45, 2.75) is 26.3 Å². The van der Waals surface area contributed by atoms with E-state index in [1.54, 1.807) is 12.1 Å². The summed E-state index contributed by atoms with van der Waals surface area (Å²) < 4.78 is 0.876. The zero-order chi connectivity index (χ0) is 15.2. The average molecular weight is 356 g/mol. The zero-order valence-electron chi connectivity index (χ0n) is 12.3. The van der Waals surface area contributed by atoms with Crippen LogP contribution in [0.2, 0.25) is 0 Å². The number of hydrogen-bond donors (Lipinski definition) is 1. The molecule has 1 aliphatic heterocycles. The number of hydrogen-bond acceptors (Lipinski definition) is 4. The first kappa shape index (κ1) is 16.4. The smallest absolute Gasteiger partial charge is 0.273 e. The molecule has 2 rings (SSSR count). The van der Waals surface area contributed by atoms with E-state index < -0.39 is 0 Å². The first-order valence-electron chi connectivity index (χ1n) is 7.46. The molecule has 0 radical (unpaired) electrons. The van der Waals surface area contributed by atoms with E-state index >= 15 is 0 Å². The van der Waals surface area contributed by atoms with E-state index in [0.29, 0.717) is 12.5 Å². The van der Waals surface area contributed by atoms with Gasteiger partial charge in [-0.05, 0) is 57.1 Å². The maximum Gasteiger partial charge on any atom is 0.273 e. The minimum atomic E-state index is -0.316. The Kier molecular flexibility index (Phi) is 6.14. The standard InChI is InChI=1S/C15H22BrN3O2/c1-2-18-7-5-12(6-8-18)10-17-11-13-9-14(16)3-4-15(13)19(20)21/h3-4,9,12,17H,2,5-8,10-11H2,1H3. The van der Waals surface area contributed by atoms with Crippen molar-refractivity contribution in [2.75, 3.05) is 26.2 Å². The lowest BCUT2D eigenvalue weighted by Crippen LogP contribution is -2.37. The first-order chi connectivity index (χ1) is 10.1. The first-order valence-corrected chi connectivity index (χ1v) is 8.25. The minimum Gasteiger partial charge on any atom is -0.312 e. The molecule has 0 aliphatic carbocycles. The van der Waals surface area contributed by atoms with Crippen molar-refractivity contribution in [2.24, 2.45) is 5.92 Å². The zero-order valence-corrected chi connectivity index (χ0v) is 13.9. The summed E-state index contributed by atoms with van der Waals surface area (Å²) in [5, 5.41) is 14.4. The van der Waals surface area contributed by atoms with Gasteiger partial charge in [-0.1, -0.05) is 22.9 Å². The number of nitro benzene ring substituents is 1. The summed E-state index contributed by atoms with van der Waals surface area (Å²) in [7, 11) is 0. The molecular formula is C15H22BrN3O2. The van der Waals surface area contributed by atoms with Gasteiger partial charge >= 0.3 is 0 Å². The summed E-state index contributed by atoms with van der Waals surface area (Å²) in [6, 6.07) is 5.09. The fraction of sp³-hybridized carbons (Fsp3) is 0.600. The Morgan fingerprint density at radius 2 is 2.14 bits per heavy atom. The molecule has 1 aromatic carbocycles. The summed E-state index contributed by atoms with van der Waals surface area (Å²) in [5.41, 5.74) is 0.923. The van der Waals surface area contributed by atoms with Gasteiger partial charge in [0, 0.05) is 22.6 Å². The number of piperidine rings is 1. The second-order valence-corrected chi connectivity index (χ2v) is 6.45. The monoisotopic (exact) mass is 355 g/mol. The molecule has 116 valence electrons. The third-order valence-corrected chi connectivity index (χ3v) is 4.63. The maximum atomic E-state index is 11.0. The number of nitrogens with zero attached hydrogens (tertiary/aromatic N) is 2. The Bertz CT molecular complexity index is 488. The second-order valence-electron chi connectivity index (χ2n) is 5.54. The van der Waals surface area contributed by atoms with Crippen molar-refractivity contribution in [1.29, 1.82) is 0 Å². The third kappa shape index (κ3) is 4.76. The van der Waals surface area contributed by atoms with Gasteiger partial charge in [-0.3, -0.25) is 10.1 Å². The fourth-order valence-electron chi connectivity index (χ4n) is 2.79. The van der Waals surface area contributed by atoms with Gasteiger partial charge in [0.05, 0.1) is 4.92 Å². The Morgan fingerprint density at radius 1 is 1.43 bits per heavy atom. The number of benzene rings is 1. The predicted octanol–water partition coefficient (Wildman–Crippen LogP) is 3.18. The van der Waals surface area contributed by atoms with Gasteiger partial charge < -0.3 is 10.2 Å². The SMILES string of the molecule is CCN1CCC(CNCc2cc(Br)ccc2[N+](=O)[O-])CC1. The van der Waals surface area contributed by atoms with Crippen LogP contribution in [0.1, 0.15) is 25.3 Å². The Labute approximate surface area is 134 Å². The number of nitro groups is 1. The van der Waals surface area contributed by atoms with Crippen LogP contribution in [0, 0.1) is 16.0 Å². The molecule has 0 saturated carbocycles. The highest BCUT2D eigenvalue weighted by Crippen LogP contribution is 2.23. The van der Waals surface area contributed by atoms with Gasteiger partial charge in [0.2, 0.25) is 0 Å². The Balaban J connectivity index is 1.84. The molecule has 5 nitrogen and oxygen atoms in total. The van der Waals surface area contributed by atoms with Crippen LogP contribution < -0.4 is 5.32 Å². The number of nitrogens with one attached hydrogen (secondary N) is 1. The summed E-state index contributed by atoms with van der Waals surface area (Å²) in [4.78, 5) is 13.2. The lowest BCUT2D eigenvalue weighted by atomic mass is 9.97. The molecule has 1 saturated heterocycles. The van der Waals surface area contributed by atoms with E-state index in [-0.39, 0.29) is 10.6 Å². The van der Waals surface area contributed by atoms with Crippen LogP contribution in [0.15, 0.2) is 22.7 Å². The molecule has 21 heavy (non-hydrogen) atoms. The third-order valence-electron chi connectivity index (χ3n) is 4.14. The van der Waals surface area contributed by atoms with Crippen LogP contribution in [0.5, 0.6) is 0 Å². The van der Waals surface area contributed by atoms with Gasteiger partial charge in [0.25, 0.3) is 5.69 Å². The van der Waals surface area contributed by atoms with E-state index in [1.165, 1.54) is 25.9 Å². The molecule has 1 aliphatic rings. The van der Waals surface area contributed by atoms with E-state index in [1.807, 2.05) is 6.07 Å². The van der Waals surface area contributed by atoms with Gasteiger partial charge in [-0.2, -0.15) is 0 Å². The van der Waals surface area contributed by atoms with Crippen LogP contribution in [0.25, 0.3) is 0 Å². The van der Waals surface area contributed by atoms with Crippen molar-refractivity contribution in [3.8, 4) is 0 Å². The molecule has 0 aromatic heterocycles. The molecule has 1 heterocycles. The summed E-state index contributed by atoms with van der Waals surface area (Å²) in [5.74, 6) is 0.680. The summed E-state index contributed by atoms with van der Waals surface area (Å²) >= 11 is 3.37. The molecule has 0 bridgehead atoms. The molecule has 6 heteroatoms. The molecule has 0 spiro atoms. The van der Waals surface area contributed by atoms with Gasteiger partial charge in [-0.15, -0.1) is 0 Å². The van der Waals surface area contributed by atoms with E-state index in [2.05, 4.69) is 33.1 Å². The van der Waals surface area contributed by atoms with Crippen molar-refractivity contribution >= 4 is 21.6 Å². The van der Waals surface area contributed by atoms with Crippen LogP contribution in [0.4, 0.5) is 5.69 Å². The Morgan fingerprint density at radius 3 is 2.76 bits per heavy atom. The topological polar surface area (TPSA) is 58.4 Å². The van der Waals surface area contributed by atoms with Crippen molar-refractivity contribution in [1.82, 2.24) is 10.2 Å². The van der Waals surface area contributed by atoms with Gasteiger partial charge in [0.15, 0.2) is 0 Å². The van der Waals surface area contributed by atoms with Crippen molar-refractivity contribution in [3.63, 3.8) is 0 Å². The molecule has 1 N–H and O–H groups in total. The second kappa shape index (κ2) is 7.87. The van der Waals surface area contributed by atoms with Crippen molar-refractivity contribution < 1.29 is 4.92 Å². The molecule has 0 amide bonds. The van der Waals surface area contributed by atoms with Gasteiger partial charge in [-0.25, -0.2) is 0 Å². The number of halogens is 1. The van der Waals surface area contributed by atoms with E-state index in [9.17, 15) is 10.1 Å². The van der Waals surface area contributed by atoms with Crippen LogP contribution in [-0.2, 0) is 6.54 Å². The van der Waals surface area contributed by atoms with E-state index in [4.69, 9.17) is 0 Å². The van der Waals surface area contributed by atoms with Crippen LogP contribution in [-0.4, -0.2) is 36.0 Å². The molecule has 0 atom stereocenters. The van der Waals surface area contributed by atoms with Crippen molar-refractivity contribution in [3.05, 3.63) is 38.3 Å².